The highest BCUT2D eigenvalue weighted by Crippen LogP contribution is 2.42. The van der Waals surface area contributed by atoms with E-state index in [0.29, 0.717) is 23.9 Å². The van der Waals surface area contributed by atoms with Crippen LogP contribution in [-0.2, 0) is 6.61 Å². The number of ether oxygens (including phenoxy) is 3. The second-order valence-electron chi connectivity index (χ2n) is 3.89. The van der Waals surface area contributed by atoms with Crippen molar-refractivity contribution in [2.45, 2.75) is 6.61 Å². The molecular formula is C15H15BrO3. The smallest absolute Gasteiger partial charge is 0.204 e. The summed E-state index contributed by atoms with van der Waals surface area (Å²) in [5.74, 6) is 1.88. The van der Waals surface area contributed by atoms with Gasteiger partial charge in [0.05, 0.1) is 18.7 Å². The maximum absolute atomic E-state index is 5.79. The van der Waals surface area contributed by atoms with E-state index in [0.717, 1.165) is 10.0 Å². The van der Waals surface area contributed by atoms with Gasteiger partial charge in [-0.15, -0.1) is 0 Å². The summed E-state index contributed by atoms with van der Waals surface area (Å²) in [6.45, 7) is 0.488. The minimum absolute atomic E-state index is 0.488. The maximum atomic E-state index is 5.79. The van der Waals surface area contributed by atoms with Crippen LogP contribution < -0.4 is 14.2 Å². The lowest BCUT2D eigenvalue weighted by Gasteiger charge is -2.14. The lowest BCUT2D eigenvalue weighted by Crippen LogP contribution is -1.99. The fourth-order valence-corrected chi connectivity index (χ4v) is 2.23. The van der Waals surface area contributed by atoms with Crippen LogP contribution in [0.3, 0.4) is 0 Å². The van der Waals surface area contributed by atoms with E-state index in [4.69, 9.17) is 14.2 Å². The van der Waals surface area contributed by atoms with Crippen molar-refractivity contribution in [3.63, 3.8) is 0 Å². The molecule has 0 amide bonds. The summed E-state index contributed by atoms with van der Waals surface area (Å²) in [5, 5.41) is 0. The molecule has 0 radical (unpaired) electrons. The molecule has 19 heavy (non-hydrogen) atoms. The van der Waals surface area contributed by atoms with Gasteiger partial charge in [-0.05, 0) is 33.6 Å². The van der Waals surface area contributed by atoms with E-state index >= 15 is 0 Å². The first-order chi connectivity index (χ1) is 9.26. The van der Waals surface area contributed by atoms with Crippen LogP contribution in [0.4, 0.5) is 0 Å². The molecular weight excluding hydrogens is 308 g/mol. The molecule has 0 spiro atoms. The van der Waals surface area contributed by atoms with Crippen molar-refractivity contribution in [2.24, 2.45) is 0 Å². The van der Waals surface area contributed by atoms with E-state index < -0.39 is 0 Å². The first kappa shape index (κ1) is 13.7. The van der Waals surface area contributed by atoms with Gasteiger partial charge in [-0.1, -0.05) is 30.3 Å². The van der Waals surface area contributed by atoms with Gasteiger partial charge in [0.25, 0.3) is 0 Å². The molecule has 0 saturated carbocycles. The minimum Gasteiger partial charge on any atom is -0.492 e. The van der Waals surface area contributed by atoms with Crippen molar-refractivity contribution in [1.29, 1.82) is 0 Å². The number of halogens is 1. The van der Waals surface area contributed by atoms with Gasteiger partial charge in [-0.3, -0.25) is 0 Å². The molecule has 0 unspecified atom stereocenters. The number of rotatable bonds is 5. The highest BCUT2D eigenvalue weighted by molar-refractivity contribution is 9.10. The van der Waals surface area contributed by atoms with Crippen LogP contribution in [0.2, 0.25) is 0 Å². The molecule has 0 saturated heterocycles. The van der Waals surface area contributed by atoms with Crippen molar-refractivity contribution >= 4 is 15.9 Å². The molecule has 0 aliphatic rings. The monoisotopic (exact) mass is 322 g/mol. The molecule has 0 aromatic heterocycles. The summed E-state index contributed by atoms with van der Waals surface area (Å²) in [4.78, 5) is 0. The van der Waals surface area contributed by atoms with Crippen LogP contribution in [0, 0.1) is 0 Å². The minimum atomic E-state index is 0.488. The number of hydrogen-bond acceptors (Lipinski definition) is 3. The van der Waals surface area contributed by atoms with Gasteiger partial charge < -0.3 is 14.2 Å². The predicted octanol–water partition coefficient (Wildman–Crippen LogP) is 4.05. The Bertz CT molecular complexity index is 541. The molecule has 0 bridgehead atoms. The quantitative estimate of drug-likeness (QED) is 0.831. The summed E-state index contributed by atoms with van der Waals surface area (Å²) < 4.78 is 17.3. The van der Waals surface area contributed by atoms with Crippen LogP contribution in [0.1, 0.15) is 5.56 Å². The second-order valence-corrected chi connectivity index (χ2v) is 4.74. The average Bonchev–Trinajstić information content (AvgIpc) is 2.46. The van der Waals surface area contributed by atoms with Gasteiger partial charge in [0, 0.05) is 0 Å². The third-order valence-electron chi connectivity index (χ3n) is 2.67. The number of hydrogen-bond donors (Lipinski definition) is 0. The van der Waals surface area contributed by atoms with Gasteiger partial charge in [-0.2, -0.15) is 0 Å². The highest BCUT2D eigenvalue weighted by Gasteiger charge is 2.14. The fraction of sp³-hybridized carbons (Fsp3) is 0.200. The zero-order valence-corrected chi connectivity index (χ0v) is 12.4. The van der Waals surface area contributed by atoms with E-state index in [1.807, 2.05) is 42.5 Å². The Morgan fingerprint density at radius 2 is 1.58 bits per heavy atom. The van der Waals surface area contributed by atoms with Gasteiger partial charge in [0.1, 0.15) is 6.61 Å². The van der Waals surface area contributed by atoms with E-state index in [-0.39, 0.29) is 0 Å². The Labute approximate surface area is 121 Å². The molecule has 0 aliphatic carbocycles. The predicted molar refractivity (Wildman–Crippen MR) is 78.0 cm³/mol. The summed E-state index contributed by atoms with van der Waals surface area (Å²) in [7, 11) is 3.20. The normalized spacial score (nSPS) is 10.1. The van der Waals surface area contributed by atoms with E-state index in [1.54, 1.807) is 14.2 Å². The molecule has 3 nitrogen and oxygen atoms in total. The molecule has 4 heteroatoms. The Kier molecular flexibility index (Phi) is 4.68. The van der Waals surface area contributed by atoms with Crippen molar-refractivity contribution in [2.75, 3.05) is 14.2 Å². The van der Waals surface area contributed by atoms with Crippen molar-refractivity contribution in [3.05, 3.63) is 52.5 Å². The van der Waals surface area contributed by atoms with Crippen molar-refractivity contribution in [3.8, 4) is 17.2 Å². The van der Waals surface area contributed by atoms with Gasteiger partial charge in [0.15, 0.2) is 11.5 Å². The first-order valence-electron chi connectivity index (χ1n) is 5.83. The highest BCUT2D eigenvalue weighted by atomic mass is 79.9. The Morgan fingerprint density at radius 3 is 2.21 bits per heavy atom. The number of methoxy groups -OCH3 is 2. The molecule has 0 N–H and O–H groups in total. The molecule has 2 rings (SSSR count). The van der Waals surface area contributed by atoms with E-state index in [9.17, 15) is 0 Å². The third-order valence-corrected chi connectivity index (χ3v) is 3.30. The standard InChI is InChI=1S/C15H15BrO3/c1-17-14-12(16)8-9-13(15(14)18-2)19-10-11-6-4-3-5-7-11/h3-9H,10H2,1-2H3. The zero-order valence-electron chi connectivity index (χ0n) is 10.9. The Hall–Kier alpha value is -1.68. The largest absolute Gasteiger partial charge is 0.492 e. The van der Waals surface area contributed by atoms with Gasteiger partial charge in [-0.25, -0.2) is 0 Å². The summed E-state index contributed by atoms with van der Waals surface area (Å²) in [6, 6.07) is 13.7. The molecule has 2 aromatic carbocycles. The fourth-order valence-electron chi connectivity index (χ4n) is 1.75. The van der Waals surface area contributed by atoms with Crippen molar-refractivity contribution in [1.82, 2.24) is 0 Å². The Balaban J connectivity index is 2.21. The van der Waals surface area contributed by atoms with E-state index in [1.165, 1.54) is 0 Å². The first-order valence-corrected chi connectivity index (χ1v) is 6.62. The van der Waals surface area contributed by atoms with Crippen LogP contribution in [0.15, 0.2) is 46.9 Å². The van der Waals surface area contributed by atoms with Crippen LogP contribution in [-0.4, -0.2) is 14.2 Å². The van der Waals surface area contributed by atoms with Crippen molar-refractivity contribution < 1.29 is 14.2 Å². The van der Waals surface area contributed by atoms with Crippen LogP contribution in [0.25, 0.3) is 0 Å². The molecule has 0 aliphatic heterocycles. The molecule has 0 heterocycles. The molecule has 2 aromatic rings. The maximum Gasteiger partial charge on any atom is 0.204 e. The summed E-state index contributed by atoms with van der Waals surface area (Å²) in [5.41, 5.74) is 1.10. The van der Waals surface area contributed by atoms with Gasteiger partial charge >= 0.3 is 0 Å². The summed E-state index contributed by atoms with van der Waals surface area (Å²) in [6.07, 6.45) is 0. The lowest BCUT2D eigenvalue weighted by atomic mass is 10.2. The van der Waals surface area contributed by atoms with E-state index in [2.05, 4.69) is 15.9 Å². The molecule has 0 fully saturated rings. The molecule has 100 valence electrons. The van der Waals surface area contributed by atoms with Crippen LogP contribution in [0.5, 0.6) is 17.2 Å². The number of benzene rings is 2. The second kappa shape index (κ2) is 6.48. The summed E-state index contributed by atoms with van der Waals surface area (Å²) >= 11 is 3.42. The van der Waals surface area contributed by atoms with Crippen LogP contribution >= 0.6 is 15.9 Å². The SMILES string of the molecule is COc1c(Br)ccc(OCc2ccccc2)c1OC. The molecule has 0 atom stereocenters. The lowest BCUT2D eigenvalue weighted by molar-refractivity contribution is 0.275. The topological polar surface area (TPSA) is 27.7 Å². The Morgan fingerprint density at radius 1 is 0.895 bits per heavy atom. The third kappa shape index (κ3) is 3.20. The zero-order chi connectivity index (χ0) is 13.7. The van der Waals surface area contributed by atoms with Gasteiger partial charge in [0.2, 0.25) is 5.75 Å². The average molecular weight is 323 g/mol.